The summed E-state index contributed by atoms with van der Waals surface area (Å²) in [7, 11) is 0. The van der Waals surface area contributed by atoms with Gasteiger partial charge in [-0.1, -0.05) is 43.5 Å². The van der Waals surface area contributed by atoms with E-state index in [-0.39, 0.29) is 0 Å². The highest BCUT2D eigenvalue weighted by Gasteiger charge is 2.20. The van der Waals surface area contributed by atoms with Crippen molar-refractivity contribution in [2.75, 3.05) is 6.54 Å². The Morgan fingerprint density at radius 2 is 2.00 bits per heavy atom. The van der Waals surface area contributed by atoms with Crippen LogP contribution in [0.1, 0.15) is 37.7 Å². The number of aromatic nitrogens is 1. The fourth-order valence-electron chi connectivity index (χ4n) is 3.39. The SMILES string of the molecule is C=CCN(Cc1cnc2ccccc2c1)C1CCCCC1. The third-order valence-corrected chi connectivity index (χ3v) is 4.49. The smallest absolute Gasteiger partial charge is 0.0702 e. The molecule has 2 aromatic rings. The molecule has 0 amide bonds. The van der Waals surface area contributed by atoms with Crippen LogP contribution in [0.15, 0.2) is 49.2 Å². The normalized spacial score (nSPS) is 16.4. The first-order valence-electron chi connectivity index (χ1n) is 8.05. The molecule has 1 fully saturated rings. The molecule has 2 nitrogen and oxygen atoms in total. The van der Waals surface area contributed by atoms with Gasteiger partial charge in [-0.15, -0.1) is 6.58 Å². The number of pyridine rings is 1. The van der Waals surface area contributed by atoms with Crippen LogP contribution in [0.3, 0.4) is 0 Å². The van der Waals surface area contributed by atoms with Gasteiger partial charge in [0.25, 0.3) is 0 Å². The summed E-state index contributed by atoms with van der Waals surface area (Å²) in [5.41, 5.74) is 2.38. The Bertz CT molecular complexity index is 599. The number of rotatable bonds is 5. The van der Waals surface area contributed by atoms with Crippen molar-refractivity contribution in [1.82, 2.24) is 9.88 Å². The quantitative estimate of drug-likeness (QED) is 0.747. The van der Waals surface area contributed by atoms with E-state index in [9.17, 15) is 0 Å². The Kier molecular flexibility index (Phi) is 4.66. The van der Waals surface area contributed by atoms with Crippen LogP contribution >= 0.6 is 0 Å². The minimum atomic E-state index is 0.711. The molecule has 1 aromatic carbocycles. The molecule has 1 heterocycles. The molecule has 110 valence electrons. The zero-order valence-corrected chi connectivity index (χ0v) is 12.7. The van der Waals surface area contributed by atoms with Crippen molar-refractivity contribution < 1.29 is 0 Å². The first-order chi connectivity index (χ1) is 10.4. The van der Waals surface area contributed by atoms with E-state index in [2.05, 4.69) is 40.7 Å². The van der Waals surface area contributed by atoms with Crippen LogP contribution in [0.25, 0.3) is 10.9 Å². The summed E-state index contributed by atoms with van der Waals surface area (Å²) >= 11 is 0. The van der Waals surface area contributed by atoms with Gasteiger partial charge in [-0.3, -0.25) is 9.88 Å². The third-order valence-electron chi connectivity index (χ3n) is 4.49. The molecule has 2 heteroatoms. The second-order valence-corrected chi connectivity index (χ2v) is 6.05. The summed E-state index contributed by atoms with van der Waals surface area (Å²) < 4.78 is 0. The monoisotopic (exact) mass is 280 g/mol. The van der Waals surface area contributed by atoms with Crippen molar-refractivity contribution in [3.8, 4) is 0 Å². The third kappa shape index (κ3) is 3.51. The van der Waals surface area contributed by atoms with Gasteiger partial charge < -0.3 is 0 Å². The highest BCUT2D eigenvalue weighted by molar-refractivity contribution is 5.78. The van der Waals surface area contributed by atoms with E-state index >= 15 is 0 Å². The standard InChI is InChI=1S/C19H24N2/c1-2-12-21(18-9-4-3-5-10-18)15-16-13-17-8-6-7-11-19(17)20-14-16/h2,6-8,11,13-14,18H,1,3-5,9-10,12,15H2. The van der Waals surface area contributed by atoms with Crippen LogP contribution in [-0.4, -0.2) is 22.5 Å². The van der Waals surface area contributed by atoms with Gasteiger partial charge in [0.2, 0.25) is 0 Å². The average molecular weight is 280 g/mol. The molecule has 0 N–H and O–H groups in total. The van der Waals surface area contributed by atoms with Crippen LogP contribution in [0.5, 0.6) is 0 Å². The van der Waals surface area contributed by atoms with Gasteiger partial charge in [-0.25, -0.2) is 0 Å². The number of hydrogen-bond donors (Lipinski definition) is 0. The zero-order chi connectivity index (χ0) is 14.5. The summed E-state index contributed by atoms with van der Waals surface area (Å²) in [5.74, 6) is 0. The lowest BCUT2D eigenvalue weighted by Gasteiger charge is -2.33. The number of para-hydroxylation sites is 1. The fraction of sp³-hybridized carbons (Fsp3) is 0.421. The largest absolute Gasteiger partial charge is 0.292 e. The predicted octanol–water partition coefficient (Wildman–Crippen LogP) is 4.56. The number of benzene rings is 1. The lowest BCUT2D eigenvalue weighted by molar-refractivity contribution is 0.164. The molecule has 1 saturated carbocycles. The van der Waals surface area contributed by atoms with Crippen LogP contribution in [0, 0.1) is 0 Å². The molecule has 0 saturated heterocycles. The van der Waals surface area contributed by atoms with Gasteiger partial charge in [0, 0.05) is 30.7 Å². The Balaban J connectivity index is 1.78. The van der Waals surface area contributed by atoms with Gasteiger partial charge in [0.05, 0.1) is 5.52 Å². The maximum Gasteiger partial charge on any atom is 0.0702 e. The summed E-state index contributed by atoms with van der Waals surface area (Å²) in [6.07, 6.45) is 10.9. The van der Waals surface area contributed by atoms with Crippen LogP contribution in [0.2, 0.25) is 0 Å². The second-order valence-electron chi connectivity index (χ2n) is 6.05. The molecular weight excluding hydrogens is 256 g/mol. The predicted molar refractivity (Wildman–Crippen MR) is 89.2 cm³/mol. The summed E-state index contributed by atoms with van der Waals surface area (Å²) in [4.78, 5) is 7.15. The molecule has 1 aliphatic carbocycles. The summed E-state index contributed by atoms with van der Waals surface area (Å²) in [6, 6.07) is 11.3. The summed E-state index contributed by atoms with van der Waals surface area (Å²) in [6.45, 7) is 5.88. The highest BCUT2D eigenvalue weighted by atomic mass is 15.1. The van der Waals surface area contributed by atoms with E-state index in [0.29, 0.717) is 6.04 Å². The van der Waals surface area contributed by atoms with Gasteiger partial charge in [-0.05, 0) is 30.5 Å². The molecule has 0 spiro atoms. The zero-order valence-electron chi connectivity index (χ0n) is 12.7. The van der Waals surface area contributed by atoms with Crippen molar-refractivity contribution in [2.24, 2.45) is 0 Å². The molecule has 0 atom stereocenters. The van der Waals surface area contributed by atoms with E-state index in [1.807, 2.05) is 18.3 Å². The van der Waals surface area contributed by atoms with Gasteiger partial charge >= 0.3 is 0 Å². The molecule has 1 aromatic heterocycles. The Morgan fingerprint density at radius 1 is 1.19 bits per heavy atom. The molecule has 0 unspecified atom stereocenters. The van der Waals surface area contributed by atoms with Gasteiger partial charge in [0.1, 0.15) is 0 Å². The topological polar surface area (TPSA) is 16.1 Å². The van der Waals surface area contributed by atoms with Crippen molar-refractivity contribution in [2.45, 2.75) is 44.7 Å². The minimum Gasteiger partial charge on any atom is -0.292 e. The number of nitrogens with zero attached hydrogens (tertiary/aromatic N) is 2. The van der Waals surface area contributed by atoms with Gasteiger partial charge in [0.15, 0.2) is 0 Å². The van der Waals surface area contributed by atoms with Crippen molar-refractivity contribution in [1.29, 1.82) is 0 Å². The molecule has 0 aliphatic heterocycles. The fourth-order valence-corrected chi connectivity index (χ4v) is 3.39. The molecule has 0 bridgehead atoms. The Labute approximate surface area is 127 Å². The van der Waals surface area contributed by atoms with Crippen molar-refractivity contribution in [3.05, 3.63) is 54.7 Å². The van der Waals surface area contributed by atoms with Crippen LogP contribution in [0.4, 0.5) is 0 Å². The minimum absolute atomic E-state index is 0.711. The first kappa shape index (κ1) is 14.3. The van der Waals surface area contributed by atoms with E-state index in [1.165, 1.54) is 43.1 Å². The number of fused-ring (bicyclic) bond motifs is 1. The maximum absolute atomic E-state index is 4.59. The molecule has 0 radical (unpaired) electrons. The highest BCUT2D eigenvalue weighted by Crippen LogP contribution is 2.24. The Morgan fingerprint density at radius 3 is 2.81 bits per heavy atom. The van der Waals surface area contributed by atoms with Crippen LogP contribution < -0.4 is 0 Å². The van der Waals surface area contributed by atoms with E-state index in [1.54, 1.807) is 0 Å². The van der Waals surface area contributed by atoms with E-state index in [0.717, 1.165) is 18.6 Å². The lowest BCUT2D eigenvalue weighted by atomic mass is 9.94. The summed E-state index contributed by atoms with van der Waals surface area (Å²) in [5, 5.41) is 1.23. The first-order valence-corrected chi connectivity index (χ1v) is 8.05. The van der Waals surface area contributed by atoms with Gasteiger partial charge in [-0.2, -0.15) is 0 Å². The van der Waals surface area contributed by atoms with Crippen molar-refractivity contribution in [3.63, 3.8) is 0 Å². The Hall–Kier alpha value is -1.67. The molecule has 3 rings (SSSR count). The maximum atomic E-state index is 4.59. The molecule has 1 aliphatic rings. The number of hydrogen-bond acceptors (Lipinski definition) is 2. The second kappa shape index (κ2) is 6.86. The van der Waals surface area contributed by atoms with E-state index < -0.39 is 0 Å². The average Bonchev–Trinajstić information content (AvgIpc) is 2.55. The molecular formula is C19H24N2. The lowest BCUT2D eigenvalue weighted by Crippen LogP contribution is -2.36. The van der Waals surface area contributed by atoms with Crippen molar-refractivity contribution >= 4 is 10.9 Å². The van der Waals surface area contributed by atoms with Crippen LogP contribution in [-0.2, 0) is 6.54 Å². The molecule has 21 heavy (non-hydrogen) atoms. The van der Waals surface area contributed by atoms with E-state index in [4.69, 9.17) is 0 Å².